The number of rotatable bonds is 5. The van der Waals surface area contributed by atoms with Gasteiger partial charge in [0.15, 0.2) is 9.84 Å². The number of aryl methyl sites for hydroxylation is 1. The highest BCUT2D eigenvalue weighted by atomic mass is 32.2. The number of carbonyl (C=O) groups is 1. The van der Waals surface area contributed by atoms with E-state index in [1.54, 1.807) is 17.2 Å². The van der Waals surface area contributed by atoms with E-state index in [9.17, 15) is 13.2 Å². The van der Waals surface area contributed by atoms with Crippen LogP contribution in [-0.4, -0.2) is 55.3 Å². The molecule has 0 bridgehead atoms. The van der Waals surface area contributed by atoms with Gasteiger partial charge in [-0.25, -0.2) is 13.4 Å². The summed E-state index contributed by atoms with van der Waals surface area (Å²) in [5.41, 5.74) is 3.29. The molecule has 0 spiro atoms. The minimum Gasteiger partial charge on any atom is -0.369 e. The molecule has 1 saturated carbocycles. The maximum absolute atomic E-state index is 12.6. The third kappa shape index (κ3) is 4.51. The highest BCUT2D eigenvalue weighted by Gasteiger charge is 2.35. The van der Waals surface area contributed by atoms with Crippen molar-refractivity contribution in [3.63, 3.8) is 0 Å². The van der Waals surface area contributed by atoms with E-state index in [0.717, 1.165) is 25.2 Å². The van der Waals surface area contributed by atoms with Gasteiger partial charge in [0.05, 0.1) is 17.1 Å². The lowest BCUT2D eigenvalue weighted by atomic mass is 9.78. The Morgan fingerprint density at radius 2 is 1.87 bits per heavy atom. The summed E-state index contributed by atoms with van der Waals surface area (Å²) in [6.45, 7) is 3.45. The zero-order valence-electron chi connectivity index (χ0n) is 17.4. The number of pyridine rings is 1. The predicted octanol–water partition coefficient (Wildman–Crippen LogP) is 3.18. The van der Waals surface area contributed by atoms with Crippen LogP contribution in [0.15, 0.2) is 42.6 Å². The van der Waals surface area contributed by atoms with E-state index < -0.39 is 9.84 Å². The van der Waals surface area contributed by atoms with Gasteiger partial charge in [0.2, 0.25) is 0 Å². The third-order valence-electron chi connectivity index (χ3n) is 6.44. The number of aromatic nitrogens is 1. The van der Waals surface area contributed by atoms with Gasteiger partial charge in [-0.05, 0) is 37.5 Å². The van der Waals surface area contributed by atoms with Crippen LogP contribution in [0, 0.1) is 6.92 Å². The average molecular weight is 428 g/mol. The fourth-order valence-corrected chi connectivity index (χ4v) is 5.78. The first-order valence-corrected chi connectivity index (χ1v) is 12.5. The molecule has 30 heavy (non-hydrogen) atoms. The number of anilines is 1. The molecule has 160 valence electrons. The van der Waals surface area contributed by atoms with Gasteiger partial charge < -0.3 is 10.2 Å². The van der Waals surface area contributed by atoms with E-state index in [-0.39, 0.29) is 35.9 Å². The Labute approximate surface area is 178 Å². The minimum absolute atomic E-state index is 0.0346. The van der Waals surface area contributed by atoms with Crippen molar-refractivity contribution < 1.29 is 13.2 Å². The second-order valence-electron chi connectivity index (χ2n) is 8.59. The summed E-state index contributed by atoms with van der Waals surface area (Å²) in [6, 6.07) is 12.4. The highest BCUT2D eigenvalue weighted by molar-refractivity contribution is 7.91. The molecule has 1 aliphatic heterocycles. The van der Waals surface area contributed by atoms with Crippen molar-refractivity contribution in [1.82, 2.24) is 9.88 Å². The third-order valence-corrected chi connectivity index (χ3v) is 8.05. The van der Waals surface area contributed by atoms with E-state index in [0.29, 0.717) is 5.56 Å². The number of nitrogens with one attached hydrogen (secondary N) is 1. The number of sulfone groups is 1. The number of nitrogens with zero attached hydrogens (tertiary/aromatic N) is 2. The zero-order valence-corrected chi connectivity index (χ0v) is 18.2. The van der Waals surface area contributed by atoms with Gasteiger partial charge in [0, 0.05) is 31.2 Å². The van der Waals surface area contributed by atoms with E-state index in [1.165, 1.54) is 24.0 Å². The van der Waals surface area contributed by atoms with Gasteiger partial charge in [-0.2, -0.15) is 0 Å². The van der Waals surface area contributed by atoms with E-state index in [2.05, 4.69) is 41.5 Å². The first kappa shape index (κ1) is 20.8. The van der Waals surface area contributed by atoms with Crippen molar-refractivity contribution in [3.8, 4) is 0 Å². The van der Waals surface area contributed by atoms with Gasteiger partial charge in [0.1, 0.15) is 5.82 Å². The molecule has 1 aromatic heterocycles. The molecule has 1 amide bonds. The molecule has 1 N–H and O–H groups in total. The fourth-order valence-electron chi connectivity index (χ4n) is 4.58. The van der Waals surface area contributed by atoms with Crippen molar-refractivity contribution in [2.75, 3.05) is 36.5 Å². The normalized spacial score (nSPS) is 20.1. The van der Waals surface area contributed by atoms with Crippen LogP contribution in [-0.2, 0) is 15.3 Å². The van der Waals surface area contributed by atoms with Crippen LogP contribution >= 0.6 is 0 Å². The van der Waals surface area contributed by atoms with Gasteiger partial charge in [-0.1, -0.05) is 42.7 Å². The SMILES string of the molecule is Cc1cccc(C2(CNc3ccc(C(=O)N4CCS(=O)(=O)CC4)cn3)CCCC2)c1. The van der Waals surface area contributed by atoms with Crippen LogP contribution in [0.2, 0.25) is 0 Å². The molecule has 2 aliphatic rings. The number of hydrogen-bond acceptors (Lipinski definition) is 5. The van der Waals surface area contributed by atoms with Crippen LogP contribution in [0.3, 0.4) is 0 Å². The average Bonchev–Trinajstić information content (AvgIpc) is 3.22. The maximum atomic E-state index is 12.6. The maximum Gasteiger partial charge on any atom is 0.255 e. The molecule has 2 aromatic rings. The largest absolute Gasteiger partial charge is 0.369 e. The van der Waals surface area contributed by atoms with E-state index >= 15 is 0 Å². The summed E-state index contributed by atoms with van der Waals surface area (Å²) in [5.74, 6) is 0.669. The van der Waals surface area contributed by atoms with Crippen molar-refractivity contribution in [2.24, 2.45) is 0 Å². The van der Waals surface area contributed by atoms with Crippen molar-refractivity contribution in [2.45, 2.75) is 38.0 Å². The van der Waals surface area contributed by atoms with Crippen molar-refractivity contribution >= 4 is 21.6 Å². The Morgan fingerprint density at radius 1 is 1.13 bits per heavy atom. The first-order valence-electron chi connectivity index (χ1n) is 10.6. The standard InChI is InChI=1S/C23H29N3O3S/c1-18-5-4-6-20(15-18)23(9-2-3-10-23)17-25-21-8-7-19(16-24-21)22(27)26-11-13-30(28,29)14-12-26/h4-8,15-16H,2-3,9-14,17H2,1H3,(H,24,25). The Hall–Kier alpha value is -2.41. The van der Waals surface area contributed by atoms with E-state index in [4.69, 9.17) is 0 Å². The number of benzene rings is 1. The molecule has 6 nitrogen and oxygen atoms in total. The quantitative estimate of drug-likeness (QED) is 0.793. The topological polar surface area (TPSA) is 79.4 Å². The van der Waals surface area contributed by atoms with Crippen LogP contribution in [0.4, 0.5) is 5.82 Å². The predicted molar refractivity (Wildman–Crippen MR) is 119 cm³/mol. The summed E-state index contributed by atoms with van der Waals surface area (Å²) < 4.78 is 23.1. The molecule has 1 aliphatic carbocycles. The van der Waals surface area contributed by atoms with Crippen LogP contribution in [0.25, 0.3) is 0 Å². The highest BCUT2D eigenvalue weighted by Crippen LogP contribution is 2.41. The molecule has 0 atom stereocenters. The van der Waals surface area contributed by atoms with Gasteiger partial charge in [0.25, 0.3) is 5.91 Å². The first-order chi connectivity index (χ1) is 14.4. The Balaban J connectivity index is 1.41. The summed E-state index contributed by atoms with van der Waals surface area (Å²) in [5, 5.41) is 3.49. The molecule has 1 aromatic carbocycles. The van der Waals surface area contributed by atoms with Crippen LogP contribution < -0.4 is 5.32 Å². The van der Waals surface area contributed by atoms with Gasteiger partial charge in [-0.15, -0.1) is 0 Å². The number of hydrogen-bond donors (Lipinski definition) is 1. The van der Waals surface area contributed by atoms with Crippen LogP contribution in [0.1, 0.15) is 47.2 Å². The molecular formula is C23H29N3O3S. The summed E-state index contributed by atoms with van der Waals surface area (Å²) in [7, 11) is -3.00. The number of amides is 1. The minimum atomic E-state index is -3.00. The Morgan fingerprint density at radius 3 is 2.50 bits per heavy atom. The molecule has 2 fully saturated rings. The molecule has 7 heteroatoms. The number of carbonyl (C=O) groups excluding carboxylic acids is 1. The van der Waals surface area contributed by atoms with Gasteiger partial charge in [-0.3, -0.25) is 4.79 Å². The fraction of sp³-hybridized carbons (Fsp3) is 0.478. The smallest absolute Gasteiger partial charge is 0.255 e. The zero-order chi connectivity index (χ0) is 21.2. The summed E-state index contributed by atoms with van der Waals surface area (Å²) in [6.07, 6.45) is 6.39. The second-order valence-corrected chi connectivity index (χ2v) is 10.9. The second kappa shape index (κ2) is 8.38. The van der Waals surface area contributed by atoms with Crippen molar-refractivity contribution in [1.29, 1.82) is 0 Å². The lowest BCUT2D eigenvalue weighted by Gasteiger charge is -2.30. The monoisotopic (exact) mass is 427 g/mol. The lowest BCUT2D eigenvalue weighted by molar-refractivity contribution is 0.0770. The molecule has 2 heterocycles. The van der Waals surface area contributed by atoms with Gasteiger partial charge >= 0.3 is 0 Å². The van der Waals surface area contributed by atoms with Crippen LogP contribution in [0.5, 0.6) is 0 Å². The Kier molecular flexibility index (Phi) is 5.82. The molecule has 0 unspecified atom stereocenters. The summed E-state index contributed by atoms with van der Waals surface area (Å²) >= 11 is 0. The van der Waals surface area contributed by atoms with E-state index in [1.807, 2.05) is 6.07 Å². The molecule has 0 radical (unpaired) electrons. The lowest BCUT2D eigenvalue weighted by Crippen LogP contribution is -2.43. The summed E-state index contributed by atoms with van der Waals surface area (Å²) in [4.78, 5) is 18.7. The molecule has 1 saturated heterocycles. The molecule has 4 rings (SSSR count). The molecular weight excluding hydrogens is 398 g/mol. The van der Waals surface area contributed by atoms with Crippen molar-refractivity contribution in [3.05, 3.63) is 59.3 Å². The Bertz CT molecular complexity index is 998.